The lowest BCUT2D eigenvalue weighted by atomic mass is 10.2. The molecule has 0 spiro atoms. The monoisotopic (exact) mass is 460 g/mol. The highest BCUT2D eigenvalue weighted by Crippen LogP contribution is 2.26. The van der Waals surface area contributed by atoms with Crippen molar-refractivity contribution in [1.29, 1.82) is 0 Å². The van der Waals surface area contributed by atoms with Gasteiger partial charge in [0, 0.05) is 48.7 Å². The Kier molecular flexibility index (Phi) is 7.02. The predicted molar refractivity (Wildman–Crippen MR) is 124 cm³/mol. The van der Waals surface area contributed by atoms with Crippen LogP contribution in [0.3, 0.4) is 0 Å². The van der Waals surface area contributed by atoms with Crippen LogP contribution < -0.4 is 5.32 Å². The Morgan fingerprint density at radius 1 is 1.00 bits per heavy atom. The number of halogens is 2. The molecule has 156 valence electrons. The van der Waals surface area contributed by atoms with Crippen LogP contribution >= 0.6 is 34.5 Å². The highest BCUT2D eigenvalue weighted by Gasteiger charge is 2.20. The van der Waals surface area contributed by atoms with Crippen LogP contribution in [0.4, 0.5) is 5.69 Å². The van der Waals surface area contributed by atoms with Crippen molar-refractivity contribution in [2.24, 2.45) is 0 Å². The summed E-state index contributed by atoms with van der Waals surface area (Å²) in [5.74, 6) is -0.0383. The van der Waals surface area contributed by atoms with Gasteiger partial charge in [-0.15, -0.1) is 11.3 Å². The van der Waals surface area contributed by atoms with Gasteiger partial charge in [0.15, 0.2) is 0 Å². The van der Waals surface area contributed by atoms with Crippen LogP contribution in [-0.2, 0) is 11.3 Å². The maximum atomic E-state index is 12.3. The van der Waals surface area contributed by atoms with Crippen molar-refractivity contribution < 1.29 is 4.79 Å². The zero-order chi connectivity index (χ0) is 20.9. The van der Waals surface area contributed by atoms with Gasteiger partial charge >= 0.3 is 0 Å². The third kappa shape index (κ3) is 5.59. The van der Waals surface area contributed by atoms with Crippen LogP contribution in [-0.4, -0.2) is 53.4 Å². The van der Waals surface area contributed by atoms with Gasteiger partial charge < -0.3 is 5.32 Å². The highest BCUT2D eigenvalue weighted by atomic mass is 35.5. The van der Waals surface area contributed by atoms with Crippen molar-refractivity contribution in [3.63, 3.8) is 0 Å². The van der Waals surface area contributed by atoms with Crippen LogP contribution in [0.5, 0.6) is 0 Å². The first-order valence-electron chi connectivity index (χ1n) is 9.76. The molecule has 0 bridgehead atoms. The first-order valence-corrected chi connectivity index (χ1v) is 11.4. The lowest BCUT2D eigenvalue weighted by molar-refractivity contribution is -0.117. The van der Waals surface area contributed by atoms with Crippen molar-refractivity contribution >= 4 is 46.1 Å². The summed E-state index contributed by atoms with van der Waals surface area (Å²) in [6.07, 6.45) is 0. The minimum absolute atomic E-state index is 0.0383. The second-order valence-corrected chi connectivity index (χ2v) is 8.93. The molecule has 1 aliphatic heterocycles. The molecule has 0 unspecified atom stereocenters. The van der Waals surface area contributed by atoms with E-state index in [4.69, 9.17) is 28.2 Å². The topological polar surface area (TPSA) is 48.5 Å². The van der Waals surface area contributed by atoms with E-state index in [1.54, 1.807) is 17.4 Å². The minimum atomic E-state index is -0.0383. The molecule has 30 heavy (non-hydrogen) atoms. The molecule has 1 aromatic heterocycles. The summed E-state index contributed by atoms with van der Waals surface area (Å²) < 4.78 is 0. The molecule has 2 aromatic carbocycles. The standard InChI is InChI=1S/C22H22Cl2N4OS/c23-17-7-5-16(6-8-17)22-25-18(15-30-22)13-27-9-11-28(12-10-27)14-21(29)26-20-4-2-1-3-19(20)24/h1-8,15H,9-14H2,(H,26,29). The Labute approximate surface area is 190 Å². The molecular weight excluding hydrogens is 439 g/mol. The number of nitrogens with zero attached hydrogens (tertiary/aromatic N) is 3. The molecule has 1 amide bonds. The van der Waals surface area contributed by atoms with E-state index in [0.29, 0.717) is 17.3 Å². The third-order valence-corrected chi connectivity index (χ3v) is 6.53. The number of para-hydroxylation sites is 1. The molecule has 4 rings (SSSR count). The average molecular weight is 461 g/mol. The third-order valence-electron chi connectivity index (χ3n) is 5.01. The SMILES string of the molecule is O=C(CN1CCN(Cc2csc(-c3ccc(Cl)cc3)n2)CC1)Nc1ccccc1Cl. The maximum absolute atomic E-state index is 12.3. The summed E-state index contributed by atoms with van der Waals surface area (Å²) in [6, 6.07) is 15.1. The van der Waals surface area contributed by atoms with Gasteiger partial charge in [0.1, 0.15) is 5.01 Å². The number of nitrogens with one attached hydrogen (secondary N) is 1. The van der Waals surface area contributed by atoms with E-state index in [0.717, 1.165) is 54.0 Å². The van der Waals surface area contributed by atoms with Crippen molar-refractivity contribution in [1.82, 2.24) is 14.8 Å². The largest absolute Gasteiger partial charge is 0.324 e. The highest BCUT2D eigenvalue weighted by molar-refractivity contribution is 7.13. The fourth-order valence-corrected chi connectivity index (χ4v) is 4.52. The van der Waals surface area contributed by atoms with E-state index in [-0.39, 0.29) is 5.91 Å². The quantitative estimate of drug-likeness (QED) is 0.569. The van der Waals surface area contributed by atoms with E-state index in [2.05, 4.69) is 20.5 Å². The molecule has 0 saturated carbocycles. The van der Waals surface area contributed by atoms with E-state index in [9.17, 15) is 4.79 Å². The summed E-state index contributed by atoms with van der Waals surface area (Å²) in [4.78, 5) is 21.6. The molecule has 8 heteroatoms. The van der Waals surface area contributed by atoms with Crippen molar-refractivity contribution in [2.75, 3.05) is 38.0 Å². The number of aromatic nitrogens is 1. The van der Waals surface area contributed by atoms with Crippen LogP contribution in [0.1, 0.15) is 5.69 Å². The molecular formula is C22H22Cl2N4OS. The summed E-state index contributed by atoms with van der Waals surface area (Å²) in [6.45, 7) is 4.72. The number of anilines is 1. The summed E-state index contributed by atoms with van der Waals surface area (Å²) >= 11 is 13.7. The Hall–Kier alpha value is -1.96. The molecule has 1 saturated heterocycles. The Balaban J connectivity index is 1.24. The van der Waals surface area contributed by atoms with Crippen LogP contribution in [0.2, 0.25) is 10.0 Å². The summed E-state index contributed by atoms with van der Waals surface area (Å²) in [7, 11) is 0. The number of benzene rings is 2. The number of rotatable bonds is 6. The molecule has 1 fully saturated rings. The van der Waals surface area contributed by atoms with Gasteiger partial charge in [0.25, 0.3) is 0 Å². The predicted octanol–water partition coefficient (Wildman–Crippen LogP) is 4.87. The van der Waals surface area contributed by atoms with Gasteiger partial charge in [-0.05, 0) is 24.3 Å². The molecule has 5 nitrogen and oxygen atoms in total. The molecule has 3 aromatic rings. The van der Waals surface area contributed by atoms with Gasteiger partial charge in [-0.3, -0.25) is 14.6 Å². The molecule has 0 aliphatic carbocycles. The number of amides is 1. The summed E-state index contributed by atoms with van der Waals surface area (Å²) in [5.41, 5.74) is 2.82. The Morgan fingerprint density at radius 3 is 2.43 bits per heavy atom. The number of carbonyl (C=O) groups excluding carboxylic acids is 1. The van der Waals surface area contributed by atoms with Crippen molar-refractivity contribution in [2.45, 2.75) is 6.54 Å². The fourth-order valence-electron chi connectivity index (χ4n) is 3.39. The van der Waals surface area contributed by atoms with Gasteiger partial charge in [-0.25, -0.2) is 4.98 Å². The van der Waals surface area contributed by atoms with Gasteiger partial charge in [0.2, 0.25) is 5.91 Å². The molecule has 1 N–H and O–H groups in total. The first kappa shape index (κ1) is 21.3. The number of hydrogen-bond donors (Lipinski definition) is 1. The molecule has 1 aliphatic rings. The normalized spacial score (nSPS) is 15.3. The van der Waals surface area contributed by atoms with Crippen molar-refractivity contribution in [3.05, 3.63) is 69.7 Å². The van der Waals surface area contributed by atoms with E-state index >= 15 is 0 Å². The Morgan fingerprint density at radius 2 is 1.70 bits per heavy atom. The minimum Gasteiger partial charge on any atom is -0.324 e. The van der Waals surface area contributed by atoms with Crippen molar-refractivity contribution in [3.8, 4) is 10.6 Å². The Bertz CT molecular complexity index is 1000. The van der Waals surface area contributed by atoms with E-state index in [1.165, 1.54) is 0 Å². The smallest absolute Gasteiger partial charge is 0.238 e. The zero-order valence-electron chi connectivity index (χ0n) is 16.4. The number of piperazine rings is 1. The van der Waals surface area contributed by atoms with Gasteiger partial charge in [-0.2, -0.15) is 0 Å². The van der Waals surface area contributed by atoms with E-state index < -0.39 is 0 Å². The number of carbonyl (C=O) groups is 1. The molecule has 0 radical (unpaired) electrons. The van der Waals surface area contributed by atoms with Crippen LogP contribution in [0, 0.1) is 0 Å². The first-order chi connectivity index (χ1) is 14.6. The zero-order valence-corrected chi connectivity index (χ0v) is 18.7. The fraction of sp³-hybridized carbons (Fsp3) is 0.273. The number of hydrogen-bond acceptors (Lipinski definition) is 5. The van der Waals surface area contributed by atoms with Gasteiger partial charge in [-0.1, -0.05) is 47.5 Å². The van der Waals surface area contributed by atoms with Crippen LogP contribution in [0.15, 0.2) is 53.9 Å². The van der Waals surface area contributed by atoms with E-state index in [1.807, 2.05) is 42.5 Å². The van der Waals surface area contributed by atoms with Gasteiger partial charge in [0.05, 0.1) is 22.9 Å². The van der Waals surface area contributed by atoms with Crippen LogP contribution in [0.25, 0.3) is 10.6 Å². The number of thiazole rings is 1. The summed E-state index contributed by atoms with van der Waals surface area (Å²) in [5, 5.41) is 7.30. The second-order valence-electron chi connectivity index (χ2n) is 7.23. The molecule has 2 heterocycles. The lowest BCUT2D eigenvalue weighted by Crippen LogP contribution is -2.48. The lowest BCUT2D eigenvalue weighted by Gasteiger charge is -2.33. The molecule has 0 atom stereocenters. The second kappa shape index (κ2) is 9.90. The maximum Gasteiger partial charge on any atom is 0.238 e. The average Bonchev–Trinajstić information content (AvgIpc) is 3.20.